The van der Waals surface area contributed by atoms with E-state index in [2.05, 4.69) is 40.5 Å². The van der Waals surface area contributed by atoms with Crippen LogP contribution in [0.3, 0.4) is 0 Å². The molecular formula is C24H28N2O. The van der Waals surface area contributed by atoms with Gasteiger partial charge in [0.2, 0.25) is 5.91 Å². The van der Waals surface area contributed by atoms with Crippen LogP contribution in [0.4, 0.5) is 5.69 Å². The number of nitrogens with one attached hydrogen (secondary N) is 1. The summed E-state index contributed by atoms with van der Waals surface area (Å²) in [6, 6.07) is 17.5. The molecule has 0 radical (unpaired) electrons. The van der Waals surface area contributed by atoms with Crippen LogP contribution in [0.5, 0.6) is 0 Å². The van der Waals surface area contributed by atoms with Gasteiger partial charge in [0.1, 0.15) is 0 Å². The fourth-order valence-corrected chi connectivity index (χ4v) is 5.02. The van der Waals surface area contributed by atoms with Crippen molar-refractivity contribution in [2.75, 3.05) is 11.9 Å². The molecule has 1 N–H and O–H groups in total. The van der Waals surface area contributed by atoms with Crippen LogP contribution in [0.25, 0.3) is 0 Å². The summed E-state index contributed by atoms with van der Waals surface area (Å²) in [5.41, 5.74) is 4.64. The van der Waals surface area contributed by atoms with E-state index in [1.165, 1.54) is 43.4 Å². The van der Waals surface area contributed by atoms with Crippen LogP contribution in [0.15, 0.2) is 48.5 Å². The van der Waals surface area contributed by atoms with E-state index in [0.29, 0.717) is 0 Å². The number of anilines is 1. The maximum atomic E-state index is 13.0. The van der Waals surface area contributed by atoms with Gasteiger partial charge in [0.05, 0.1) is 5.41 Å². The van der Waals surface area contributed by atoms with Crippen LogP contribution in [-0.4, -0.2) is 23.4 Å². The number of amides is 1. The normalized spacial score (nSPS) is 21.6. The van der Waals surface area contributed by atoms with Gasteiger partial charge in [-0.1, -0.05) is 49.2 Å². The molecule has 3 nitrogen and oxygen atoms in total. The Kier molecular flexibility index (Phi) is 4.28. The van der Waals surface area contributed by atoms with E-state index >= 15 is 0 Å². The fraction of sp³-hybridized carbons (Fsp3) is 0.458. The first-order valence-electron chi connectivity index (χ1n) is 10.5. The third-order valence-electron chi connectivity index (χ3n) is 6.86. The smallest absolute Gasteiger partial charge is 0.235 e. The van der Waals surface area contributed by atoms with Crippen LogP contribution in [0.1, 0.15) is 55.2 Å². The number of hydrogen-bond acceptors (Lipinski definition) is 2. The topological polar surface area (TPSA) is 32.3 Å². The molecule has 0 spiro atoms. The molecule has 3 aliphatic rings. The third kappa shape index (κ3) is 3.19. The Morgan fingerprint density at radius 3 is 2.52 bits per heavy atom. The van der Waals surface area contributed by atoms with Crippen molar-refractivity contribution in [2.24, 2.45) is 0 Å². The fourth-order valence-electron chi connectivity index (χ4n) is 5.02. The highest BCUT2D eigenvalue weighted by Gasteiger charge is 2.51. The van der Waals surface area contributed by atoms with Crippen molar-refractivity contribution in [3.8, 4) is 0 Å². The molecule has 2 aromatic carbocycles. The molecule has 1 amide bonds. The summed E-state index contributed by atoms with van der Waals surface area (Å²) in [6.45, 7) is 2.22. The second kappa shape index (κ2) is 6.79. The van der Waals surface area contributed by atoms with Crippen LogP contribution >= 0.6 is 0 Å². The van der Waals surface area contributed by atoms with Crippen molar-refractivity contribution in [2.45, 2.75) is 62.9 Å². The molecule has 2 saturated carbocycles. The van der Waals surface area contributed by atoms with Gasteiger partial charge in [-0.15, -0.1) is 0 Å². The van der Waals surface area contributed by atoms with E-state index in [1.54, 1.807) is 0 Å². The number of benzene rings is 2. The lowest BCUT2D eigenvalue weighted by atomic mass is 9.94. The molecule has 2 fully saturated rings. The van der Waals surface area contributed by atoms with Gasteiger partial charge in [0.15, 0.2) is 0 Å². The Bertz CT molecular complexity index is 835. The summed E-state index contributed by atoms with van der Waals surface area (Å²) in [5.74, 6) is 0.150. The first-order valence-corrected chi connectivity index (χ1v) is 10.5. The van der Waals surface area contributed by atoms with E-state index in [1.807, 2.05) is 18.2 Å². The number of carbonyl (C=O) groups excluding carboxylic acids is 1. The number of rotatable bonds is 4. The zero-order chi connectivity index (χ0) is 18.3. The largest absolute Gasteiger partial charge is 0.325 e. The molecule has 1 heterocycles. The first kappa shape index (κ1) is 17.0. The average Bonchev–Trinajstić information content (AvgIpc) is 3.35. The summed E-state index contributed by atoms with van der Waals surface area (Å²) >= 11 is 0. The van der Waals surface area contributed by atoms with Gasteiger partial charge in [-0.3, -0.25) is 9.69 Å². The van der Waals surface area contributed by atoms with Gasteiger partial charge in [-0.25, -0.2) is 0 Å². The van der Waals surface area contributed by atoms with Crippen LogP contribution in [0.2, 0.25) is 0 Å². The maximum absolute atomic E-state index is 13.0. The predicted molar refractivity (Wildman–Crippen MR) is 109 cm³/mol. The minimum absolute atomic E-state index is 0.150. The Hall–Kier alpha value is -2.13. The van der Waals surface area contributed by atoms with Gasteiger partial charge in [-0.2, -0.15) is 0 Å². The Morgan fingerprint density at radius 2 is 1.78 bits per heavy atom. The molecule has 140 valence electrons. The van der Waals surface area contributed by atoms with Crippen molar-refractivity contribution in [3.63, 3.8) is 0 Å². The number of fused-ring (bicyclic) bond motifs is 1. The SMILES string of the molecule is O=C(Nc1ccc2c(c1)CN(C1CCCC1)CC2)C1(c2ccccc2)CC1. The summed E-state index contributed by atoms with van der Waals surface area (Å²) in [7, 11) is 0. The Balaban J connectivity index is 1.32. The van der Waals surface area contributed by atoms with E-state index in [-0.39, 0.29) is 11.3 Å². The molecule has 27 heavy (non-hydrogen) atoms. The molecule has 2 aromatic rings. The van der Waals surface area contributed by atoms with Crippen LogP contribution in [-0.2, 0) is 23.2 Å². The molecular weight excluding hydrogens is 332 g/mol. The number of hydrogen-bond donors (Lipinski definition) is 1. The van der Waals surface area contributed by atoms with E-state index in [0.717, 1.165) is 43.1 Å². The van der Waals surface area contributed by atoms with Crippen LogP contribution in [0, 0.1) is 0 Å². The van der Waals surface area contributed by atoms with Gasteiger partial charge >= 0.3 is 0 Å². The highest BCUT2D eigenvalue weighted by Crippen LogP contribution is 2.49. The van der Waals surface area contributed by atoms with Crippen molar-refractivity contribution in [1.82, 2.24) is 4.90 Å². The molecule has 5 rings (SSSR count). The lowest BCUT2D eigenvalue weighted by Crippen LogP contribution is -2.37. The van der Waals surface area contributed by atoms with Gasteiger partial charge in [0.25, 0.3) is 0 Å². The van der Waals surface area contributed by atoms with Gasteiger partial charge in [0, 0.05) is 24.8 Å². The quantitative estimate of drug-likeness (QED) is 0.860. The molecule has 1 aliphatic heterocycles. The average molecular weight is 361 g/mol. The van der Waals surface area contributed by atoms with E-state index in [4.69, 9.17) is 0 Å². The molecule has 3 heteroatoms. The van der Waals surface area contributed by atoms with Gasteiger partial charge < -0.3 is 5.32 Å². The summed E-state index contributed by atoms with van der Waals surface area (Å²) < 4.78 is 0. The predicted octanol–water partition coefficient (Wildman–Crippen LogP) is 4.66. The highest BCUT2D eigenvalue weighted by molar-refractivity contribution is 6.01. The monoisotopic (exact) mass is 360 g/mol. The minimum atomic E-state index is -0.312. The van der Waals surface area contributed by atoms with Gasteiger partial charge in [-0.05, 0) is 60.9 Å². The third-order valence-corrected chi connectivity index (χ3v) is 6.86. The molecule has 2 aliphatic carbocycles. The van der Waals surface area contributed by atoms with E-state index < -0.39 is 0 Å². The second-order valence-corrected chi connectivity index (χ2v) is 8.54. The molecule has 0 unspecified atom stereocenters. The minimum Gasteiger partial charge on any atom is -0.325 e. The Labute approximate surface area is 161 Å². The molecule has 0 aromatic heterocycles. The van der Waals surface area contributed by atoms with Crippen molar-refractivity contribution >= 4 is 11.6 Å². The van der Waals surface area contributed by atoms with Crippen molar-refractivity contribution in [3.05, 3.63) is 65.2 Å². The highest BCUT2D eigenvalue weighted by atomic mass is 16.2. The zero-order valence-corrected chi connectivity index (χ0v) is 15.9. The van der Waals surface area contributed by atoms with E-state index in [9.17, 15) is 4.79 Å². The molecule has 0 saturated heterocycles. The van der Waals surface area contributed by atoms with Crippen molar-refractivity contribution < 1.29 is 4.79 Å². The zero-order valence-electron chi connectivity index (χ0n) is 15.9. The standard InChI is InChI=1S/C24H28N2O/c27-23(24(13-14-24)20-6-2-1-3-7-20)25-21-11-10-18-12-15-26(17-19(18)16-21)22-8-4-5-9-22/h1-3,6-7,10-11,16,22H,4-5,8-9,12-15,17H2,(H,25,27). The summed E-state index contributed by atoms with van der Waals surface area (Å²) in [6.07, 6.45) is 8.49. The Morgan fingerprint density at radius 1 is 1.00 bits per heavy atom. The first-order chi connectivity index (χ1) is 13.2. The summed E-state index contributed by atoms with van der Waals surface area (Å²) in [4.78, 5) is 15.7. The lowest BCUT2D eigenvalue weighted by Gasteiger charge is -2.33. The number of carbonyl (C=O) groups is 1. The van der Waals surface area contributed by atoms with Crippen molar-refractivity contribution in [1.29, 1.82) is 0 Å². The summed E-state index contributed by atoms with van der Waals surface area (Å²) in [5, 5.41) is 3.22. The molecule has 0 bridgehead atoms. The molecule has 0 atom stereocenters. The second-order valence-electron chi connectivity index (χ2n) is 8.54. The van der Waals surface area contributed by atoms with Crippen LogP contribution < -0.4 is 5.32 Å². The maximum Gasteiger partial charge on any atom is 0.235 e. The number of nitrogens with zero attached hydrogens (tertiary/aromatic N) is 1. The lowest BCUT2D eigenvalue weighted by molar-refractivity contribution is -0.118.